The highest BCUT2D eigenvalue weighted by molar-refractivity contribution is 7.98. The Hall–Kier alpha value is -1.16. The second kappa shape index (κ2) is 4.78. The number of rotatable bonds is 4. The van der Waals surface area contributed by atoms with Crippen LogP contribution in [0.25, 0.3) is 0 Å². The summed E-state index contributed by atoms with van der Waals surface area (Å²) in [7, 11) is 1.63. The van der Waals surface area contributed by atoms with E-state index in [1.165, 1.54) is 0 Å². The Morgan fingerprint density at radius 3 is 2.81 bits per heavy atom. The maximum atomic E-state index is 11.5. The minimum absolute atomic E-state index is 0.0618. The summed E-state index contributed by atoms with van der Waals surface area (Å²) in [6.45, 7) is 0. The lowest BCUT2D eigenvalue weighted by molar-refractivity contribution is 0.0963. The van der Waals surface area contributed by atoms with E-state index < -0.39 is 0 Å². The maximum Gasteiger partial charge on any atom is 0.251 e. The monoisotopic (exact) mass is 237 g/mol. The Balaban J connectivity index is 2.22. The lowest BCUT2D eigenvalue weighted by atomic mass is 10.2. The van der Waals surface area contributed by atoms with Crippen molar-refractivity contribution in [1.82, 2.24) is 5.32 Å². The topological polar surface area (TPSA) is 38.3 Å². The van der Waals surface area contributed by atoms with Gasteiger partial charge in [0.2, 0.25) is 0 Å². The Morgan fingerprint density at radius 1 is 1.50 bits per heavy atom. The quantitative estimate of drug-likeness (QED) is 0.817. The van der Waals surface area contributed by atoms with Gasteiger partial charge in [0.05, 0.1) is 6.10 Å². The summed E-state index contributed by atoms with van der Waals surface area (Å²) in [5.41, 5.74) is 0.676. The molecule has 1 aromatic rings. The van der Waals surface area contributed by atoms with E-state index in [9.17, 15) is 4.79 Å². The fourth-order valence-electron chi connectivity index (χ4n) is 1.42. The van der Waals surface area contributed by atoms with Crippen molar-refractivity contribution in [3.05, 3.63) is 23.8 Å². The van der Waals surface area contributed by atoms with Gasteiger partial charge in [-0.2, -0.15) is 0 Å². The Labute approximate surface area is 99.6 Å². The summed E-state index contributed by atoms with van der Waals surface area (Å²) < 4.78 is 5.76. The van der Waals surface area contributed by atoms with Crippen LogP contribution in [-0.2, 0) is 0 Å². The van der Waals surface area contributed by atoms with Gasteiger partial charge in [-0.15, -0.1) is 11.8 Å². The van der Waals surface area contributed by atoms with Crippen molar-refractivity contribution in [2.45, 2.75) is 23.8 Å². The van der Waals surface area contributed by atoms with Gasteiger partial charge in [-0.05, 0) is 37.3 Å². The third-order valence-corrected chi connectivity index (χ3v) is 3.23. The minimum atomic E-state index is -0.0618. The molecule has 0 bridgehead atoms. The summed E-state index contributed by atoms with van der Waals surface area (Å²) >= 11 is 1.60. The van der Waals surface area contributed by atoms with Crippen LogP contribution in [-0.4, -0.2) is 25.3 Å². The van der Waals surface area contributed by atoms with Gasteiger partial charge in [-0.3, -0.25) is 4.79 Å². The average Bonchev–Trinajstić information content (AvgIpc) is 3.12. The lowest BCUT2D eigenvalue weighted by Crippen LogP contribution is -2.17. The molecule has 1 aliphatic carbocycles. The number of nitrogens with one attached hydrogen (secondary N) is 1. The Morgan fingerprint density at radius 2 is 2.25 bits per heavy atom. The van der Waals surface area contributed by atoms with E-state index in [1.54, 1.807) is 24.9 Å². The van der Waals surface area contributed by atoms with Crippen LogP contribution in [0.5, 0.6) is 5.75 Å². The van der Waals surface area contributed by atoms with Crippen molar-refractivity contribution in [2.24, 2.45) is 0 Å². The summed E-state index contributed by atoms with van der Waals surface area (Å²) in [4.78, 5) is 12.5. The first-order valence-corrected chi connectivity index (χ1v) is 6.54. The highest BCUT2D eigenvalue weighted by Gasteiger charge is 2.24. The first-order valence-electron chi connectivity index (χ1n) is 5.31. The van der Waals surface area contributed by atoms with Gasteiger partial charge in [0.15, 0.2) is 0 Å². The van der Waals surface area contributed by atoms with E-state index in [4.69, 9.17) is 4.74 Å². The zero-order valence-electron chi connectivity index (χ0n) is 9.45. The number of hydrogen-bond acceptors (Lipinski definition) is 3. The summed E-state index contributed by atoms with van der Waals surface area (Å²) in [5, 5.41) is 2.62. The largest absolute Gasteiger partial charge is 0.489 e. The molecule has 1 saturated carbocycles. The van der Waals surface area contributed by atoms with Crippen LogP contribution < -0.4 is 10.1 Å². The number of carbonyl (C=O) groups excluding carboxylic acids is 1. The van der Waals surface area contributed by atoms with Crippen molar-refractivity contribution >= 4 is 17.7 Å². The molecule has 0 aromatic heterocycles. The molecule has 1 amide bonds. The molecule has 1 fully saturated rings. The van der Waals surface area contributed by atoms with Crippen LogP contribution >= 0.6 is 11.8 Å². The van der Waals surface area contributed by atoms with Gasteiger partial charge < -0.3 is 10.1 Å². The molecule has 86 valence electrons. The second-order valence-electron chi connectivity index (χ2n) is 3.76. The van der Waals surface area contributed by atoms with Gasteiger partial charge >= 0.3 is 0 Å². The maximum absolute atomic E-state index is 11.5. The molecule has 3 nitrogen and oxygen atoms in total. The highest BCUT2D eigenvalue weighted by atomic mass is 32.2. The third-order valence-electron chi connectivity index (χ3n) is 2.47. The van der Waals surface area contributed by atoms with Crippen LogP contribution in [0.1, 0.15) is 23.2 Å². The molecular weight excluding hydrogens is 222 g/mol. The first-order chi connectivity index (χ1) is 7.74. The number of thioether (sulfide) groups is 1. The summed E-state index contributed by atoms with van der Waals surface area (Å²) in [6, 6.07) is 5.56. The van der Waals surface area contributed by atoms with Crippen molar-refractivity contribution in [1.29, 1.82) is 0 Å². The fourth-order valence-corrected chi connectivity index (χ4v) is 1.98. The van der Waals surface area contributed by atoms with Crippen molar-refractivity contribution < 1.29 is 9.53 Å². The lowest BCUT2D eigenvalue weighted by Gasteiger charge is -2.10. The van der Waals surface area contributed by atoms with Gasteiger partial charge in [0, 0.05) is 17.5 Å². The molecule has 0 aliphatic heterocycles. The van der Waals surface area contributed by atoms with Gasteiger partial charge in [0.25, 0.3) is 5.91 Å². The molecule has 2 rings (SSSR count). The van der Waals surface area contributed by atoms with E-state index >= 15 is 0 Å². The van der Waals surface area contributed by atoms with Gasteiger partial charge in [0.1, 0.15) is 5.75 Å². The van der Waals surface area contributed by atoms with E-state index in [1.807, 2.05) is 18.4 Å². The Bertz CT molecular complexity index is 402. The zero-order valence-corrected chi connectivity index (χ0v) is 10.3. The second-order valence-corrected chi connectivity index (χ2v) is 4.61. The molecule has 4 heteroatoms. The van der Waals surface area contributed by atoms with Crippen molar-refractivity contribution in [3.8, 4) is 5.75 Å². The molecule has 0 saturated heterocycles. The van der Waals surface area contributed by atoms with Crippen LogP contribution in [0.4, 0.5) is 0 Å². The highest BCUT2D eigenvalue weighted by Crippen LogP contribution is 2.34. The average molecular weight is 237 g/mol. The predicted octanol–water partition coefficient (Wildman–Crippen LogP) is 2.31. The van der Waals surface area contributed by atoms with Crippen molar-refractivity contribution in [2.75, 3.05) is 13.3 Å². The minimum Gasteiger partial charge on any atom is -0.489 e. The molecule has 0 spiro atoms. The van der Waals surface area contributed by atoms with Gasteiger partial charge in [-0.1, -0.05) is 0 Å². The number of hydrogen-bond donors (Lipinski definition) is 1. The first kappa shape index (κ1) is 11.3. The molecule has 0 radical (unpaired) electrons. The van der Waals surface area contributed by atoms with Crippen LogP contribution in [0.15, 0.2) is 23.1 Å². The zero-order chi connectivity index (χ0) is 11.5. The van der Waals surface area contributed by atoms with Crippen LogP contribution in [0.2, 0.25) is 0 Å². The SMILES string of the molecule is CNC(=O)c1ccc(OC2CC2)c(SC)c1. The molecule has 1 aliphatic rings. The smallest absolute Gasteiger partial charge is 0.251 e. The molecular formula is C12H15NO2S. The standard InChI is InChI=1S/C12H15NO2S/c1-13-12(14)8-3-6-10(11(7-8)16-2)15-9-4-5-9/h3,6-7,9H,4-5H2,1-2H3,(H,13,14). The molecule has 0 unspecified atom stereocenters. The normalized spacial score (nSPS) is 14.6. The fraction of sp³-hybridized carbons (Fsp3) is 0.417. The number of amides is 1. The van der Waals surface area contributed by atoms with Crippen molar-refractivity contribution in [3.63, 3.8) is 0 Å². The summed E-state index contributed by atoms with van der Waals surface area (Å²) in [6.07, 6.45) is 4.66. The predicted molar refractivity (Wildman–Crippen MR) is 65.3 cm³/mol. The molecule has 0 atom stereocenters. The molecule has 1 aromatic carbocycles. The molecule has 1 N–H and O–H groups in total. The third kappa shape index (κ3) is 2.50. The molecule has 0 heterocycles. The van der Waals surface area contributed by atoms with E-state index in [2.05, 4.69) is 5.32 Å². The Kier molecular flexibility index (Phi) is 3.39. The van der Waals surface area contributed by atoms with Gasteiger partial charge in [-0.25, -0.2) is 0 Å². The number of ether oxygens (including phenoxy) is 1. The number of carbonyl (C=O) groups is 1. The summed E-state index contributed by atoms with van der Waals surface area (Å²) in [5.74, 6) is 0.830. The van der Waals surface area contributed by atoms with E-state index in [0.717, 1.165) is 23.5 Å². The van der Waals surface area contributed by atoms with E-state index in [0.29, 0.717) is 11.7 Å². The van der Waals surface area contributed by atoms with Crippen LogP contribution in [0.3, 0.4) is 0 Å². The van der Waals surface area contributed by atoms with E-state index in [-0.39, 0.29) is 5.91 Å². The molecule has 16 heavy (non-hydrogen) atoms. The number of benzene rings is 1. The van der Waals surface area contributed by atoms with Crippen LogP contribution in [0, 0.1) is 0 Å².